The van der Waals surface area contributed by atoms with E-state index in [2.05, 4.69) is 11.4 Å². The van der Waals surface area contributed by atoms with E-state index in [1.165, 1.54) is 11.3 Å². The van der Waals surface area contributed by atoms with Crippen molar-refractivity contribution in [3.63, 3.8) is 0 Å². The summed E-state index contributed by atoms with van der Waals surface area (Å²) in [4.78, 5) is 25.4. The zero-order chi connectivity index (χ0) is 22.5. The number of nitrogens with one attached hydrogen (secondary N) is 1. The van der Waals surface area contributed by atoms with E-state index in [0.29, 0.717) is 16.3 Å². The lowest BCUT2D eigenvalue weighted by molar-refractivity contribution is -0.118. The van der Waals surface area contributed by atoms with Gasteiger partial charge in [-0.25, -0.2) is 4.79 Å². The number of hydrogen-bond acceptors (Lipinski definition) is 5. The summed E-state index contributed by atoms with van der Waals surface area (Å²) in [5.41, 5.74) is 6.20. The van der Waals surface area contributed by atoms with Crippen LogP contribution in [0.3, 0.4) is 0 Å². The fraction of sp³-hybridized carbons (Fsp3) is 0.280. The van der Waals surface area contributed by atoms with Gasteiger partial charge in [0.2, 0.25) is 0 Å². The van der Waals surface area contributed by atoms with Crippen molar-refractivity contribution < 1.29 is 19.1 Å². The smallest absolute Gasteiger partial charge is 0.341 e. The van der Waals surface area contributed by atoms with Gasteiger partial charge in [-0.15, -0.1) is 11.3 Å². The molecule has 0 fully saturated rings. The number of thiophene rings is 1. The maximum absolute atomic E-state index is 12.8. The van der Waals surface area contributed by atoms with Crippen LogP contribution in [0.2, 0.25) is 0 Å². The summed E-state index contributed by atoms with van der Waals surface area (Å²) in [7, 11) is 0. The number of ether oxygens (including phenoxy) is 2. The van der Waals surface area contributed by atoms with E-state index in [-0.39, 0.29) is 19.1 Å². The van der Waals surface area contributed by atoms with Crippen molar-refractivity contribution in [2.45, 2.75) is 34.6 Å². The van der Waals surface area contributed by atoms with E-state index in [0.717, 1.165) is 33.4 Å². The highest BCUT2D eigenvalue weighted by Crippen LogP contribution is 2.38. The van der Waals surface area contributed by atoms with Crippen LogP contribution in [0.15, 0.2) is 41.8 Å². The third-order valence-electron chi connectivity index (χ3n) is 4.95. The molecule has 0 bridgehead atoms. The summed E-state index contributed by atoms with van der Waals surface area (Å²) in [5, 5.41) is 5.18. The van der Waals surface area contributed by atoms with Gasteiger partial charge in [-0.05, 0) is 56.9 Å². The number of carbonyl (C=O) groups excluding carboxylic acids is 2. The molecule has 0 unspecified atom stereocenters. The molecule has 0 radical (unpaired) electrons. The van der Waals surface area contributed by atoms with E-state index >= 15 is 0 Å². The molecule has 0 aliphatic heterocycles. The molecule has 0 atom stereocenters. The highest BCUT2D eigenvalue weighted by Gasteiger charge is 2.24. The van der Waals surface area contributed by atoms with Gasteiger partial charge in [0.05, 0.1) is 6.61 Å². The summed E-state index contributed by atoms with van der Waals surface area (Å²) >= 11 is 1.31. The number of anilines is 1. The van der Waals surface area contributed by atoms with Gasteiger partial charge in [0, 0.05) is 10.9 Å². The molecule has 0 spiro atoms. The van der Waals surface area contributed by atoms with Crippen molar-refractivity contribution in [2.75, 3.05) is 18.5 Å². The maximum atomic E-state index is 12.8. The molecule has 6 heteroatoms. The highest BCUT2D eigenvalue weighted by atomic mass is 32.1. The van der Waals surface area contributed by atoms with Crippen LogP contribution >= 0.6 is 11.3 Å². The molecule has 1 amide bonds. The van der Waals surface area contributed by atoms with Gasteiger partial charge in [-0.3, -0.25) is 4.79 Å². The summed E-state index contributed by atoms with van der Waals surface area (Å²) in [6.45, 7) is 9.78. The van der Waals surface area contributed by atoms with E-state index in [1.54, 1.807) is 6.92 Å². The van der Waals surface area contributed by atoms with Crippen molar-refractivity contribution in [1.29, 1.82) is 0 Å². The van der Waals surface area contributed by atoms with Crippen molar-refractivity contribution in [1.82, 2.24) is 0 Å². The predicted octanol–water partition coefficient (Wildman–Crippen LogP) is 5.84. The van der Waals surface area contributed by atoms with Crippen LogP contribution in [0.5, 0.6) is 5.75 Å². The molecule has 0 saturated carbocycles. The van der Waals surface area contributed by atoms with Gasteiger partial charge in [0.1, 0.15) is 16.3 Å². The standard InChI is InChI=1S/C25H27NO4S/c1-6-29-25(28)22-20(19-11-10-15(2)12-18(19)5)14-31-24(22)26-21(27)13-30-23-16(3)8-7-9-17(23)4/h7-12,14H,6,13H2,1-5H3,(H,26,27). The molecular weight excluding hydrogens is 410 g/mol. The molecule has 31 heavy (non-hydrogen) atoms. The lowest BCUT2D eigenvalue weighted by Gasteiger charge is -2.13. The van der Waals surface area contributed by atoms with Gasteiger partial charge < -0.3 is 14.8 Å². The number of para-hydroxylation sites is 1. The minimum atomic E-state index is -0.454. The van der Waals surface area contributed by atoms with Crippen molar-refractivity contribution >= 4 is 28.2 Å². The Morgan fingerprint density at radius 2 is 1.68 bits per heavy atom. The zero-order valence-electron chi connectivity index (χ0n) is 18.5. The number of aryl methyl sites for hydroxylation is 4. The van der Waals surface area contributed by atoms with Crippen LogP contribution in [0, 0.1) is 27.7 Å². The van der Waals surface area contributed by atoms with Crippen LogP contribution in [0.25, 0.3) is 11.1 Å². The first kappa shape index (κ1) is 22.6. The molecule has 2 aromatic carbocycles. The Labute approximate surface area is 187 Å². The lowest BCUT2D eigenvalue weighted by atomic mass is 9.97. The Hall–Kier alpha value is -3.12. The van der Waals surface area contributed by atoms with E-state index in [9.17, 15) is 9.59 Å². The van der Waals surface area contributed by atoms with E-state index in [1.807, 2.05) is 63.4 Å². The second-order valence-corrected chi connectivity index (χ2v) is 8.33. The molecule has 0 aliphatic rings. The number of rotatable bonds is 7. The molecule has 0 saturated heterocycles. The molecule has 3 rings (SSSR count). The van der Waals surface area contributed by atoms with Crippen molar-refractivity contribution in [2.24, 2.45) is 0 Å². The maximum Gasteiger partial charge on any atom is 0.341 e. The molecular formula is C25H27NO4S. The number of benzene rings is 2. The molecule has 162 valence electrons. The Morgan fingerprint density at radius 1 is 0.968 bits per heavy atom. The minimum absolute atomic E-state index is 0.148. The molecule has 1 N–H and O–H groups in total. The summed E-state index contributed by atoms with van der Waals surface area (Å²) in [6, 6.07) is 11.9. The van der Waals surface area contributed by atoms with Gasteiger partial charge >= 0.3 is 5.97 Å². The molecule has 1 aromatic heterocycles. The van der Waals surface area contributed by atoms with Gasteiger partial charge in [-0.2, -0.15) is 0 Å². The number of hydrogen-bond donors (Lipinski definition) is 1. The SMILES string of the molecule is CCOC(=O)c1c(-c2ccc(C)cc2C)csc1NC(=O)COc1c(C)cccc1C. The van der Waals surface area contributed by atoms with Gasteiger partial charge in [0.15, 0.2) is 6.61 Å². The zero-order valence-corrected chi connectivity index (χ0v) is 19.3. The fourth-order valence-electron chi connectivity index (χ4n) is 3.50. The Morgan fingerprint density at radius 3 is 2.32 bits per heavy atom. The van der Waals surface area contributed by atoms with Crippen LogP contribution in [-0.2, 0) is 9.53 Å². The van der Waals surface area contributed by atoms with Crippen LogP contribution in [-0.4, -0.2) is 25.1 Å². The second kappa shape index (κ2) is 9.79. The Kier molecular flexibility index (Phi) is 7.13. The summed E-state index contributed by atoms with van der Waals surface area (Å²) in [5.74, 6) is -0.0858. The largest absolute Gasteiger partial charge is 0.483 e. The normalized spacial score (nSPS) is 10.6. The first-order chi connectivity index (χ1) is 14.8. The van der Waals surface area contributed by atoms with Crippen LogP contribution < -0.4 is 10.1 Å². The Bertz CT molecular complexity index is 1100. The van der Waals surface area contributed by atoms with Gasteiger partial charge in [-0.1, -0.05) is 42.0 Å². The average molecular weight is 438 g/mol. The number of carbonyl (C=O) groups is 2. The molecule has 5 nitrogen and oxygen atoms in total. The predicted molar refractivity (Wildman–Crippen MR) is 125 cm³/mol. The van der Waals surface area contributed by atoms with Crippen LogP contribution in [0.1, 0.15) is 39.5 Å². The highest BCUT2D eigenvalue weighted by molar-refractivity contribution is 7.15. The van der Waals surface area contributed by atoms with Crippen molar-refractivity contribution in [3.05, 3.63) is 69.6 Å². The van der Waals surface area contributed by atoms with Crippen LogP contribution in [0.4, 0.5) is 5.00 Å². The molecule has 0 aliphatic carbocycles. The third kappa shape index (κ3) is 5.14. The molecule has 3 aromatic rings. The topological polar surface area (TPSA) is 64.6 Å². The first-order valence-electron chi connectivity index (χ1n) is 10.2. The molecule has 1 heterocycles. The minimum Gasteiger partial charge on any atom is -0.483 e. The first-order valence-corrected chi connectivity index (χ1v) is 11.0. The van der Waals surface area contributed by atoms with Gasteiger partial charge in [0.25, 0.3) is 5.91 Å². The third-order valence-corrected chi connectivity index (χ3v) is 5.85. The van der Waals surface area contributed by atoms with E-state index in [4.69, 9.17) is 9.47 Å². The van der Waals surface area contributed by atoms with E-state index < -0.39 is 5.97 Å². The fourth-order valence-corrected chi connectivity index (χ4v) is 4.46. The summed E-state index contributed by atoms with van der Waals surface area (Å²) < 4.78 is 11.0. The Balaban J connectivity index is 1.86. The number of amides is 1. The summed E-state index contributed by atoms with van der Waals surface area (Å²) in [6.07, 6.45) is 0. The average Bonchev–Trinajstić information content (AvgIpc) is 3.11. The quantitative estimate of drug-likeness (QED) is 0.472. The van der Waals surface area contributed by atoms with Crippen molar-refractivity contribution in [3.8, 4) is 16.9 Å². The lowest BCUT2D eigenvalue weighted by Crippen LogP contribution is -2.21. The second-order valence-electron chi connectivity index (χ2n) is 7.45. The number of esters is 1. The monoisotopic (exact) mass is 437 g/mol.